The van der Waals surface area contributed by atoms with E-state index in [9.17, 15) is 4.79 Å². The highest BCUT2D eigenvalue weighted by atomic mass is 16.5. The number of nitrogens with two attached hydrogens (primary N) is 1. The van der Waals surface area contributed by atoms with Crippen molar-refractivity contribution < 1.29 is 9.53 Å². The lowest BCUT2D eigenvalue weighted by molar-refractivity contribution is -0.124. The largest absolute Gasteiger partial charge is 0.479 e. The second-order valence-corrected chi connectivity index (χ2v) is 5.12. The average Bonchev–Trinajstić information content (AvgIpc) is 2.97. The first-order chi connectivity index (χ1) is 9.70. The Morgan fingerprint density at radius 1 is 1.35 bits per heavy atom. The molecule has 0 unspecified atom stereocenters. The molecule has 0 aromatic heterocycles. The van der Waals surface area contributed by atoms with Crippen molar-refractivity contribution in [3.63, 3.8) is 0 Å². The van der Waals surface area contributed by atoms with Gasteiger partial charge in [0.15, 0.2) is 6.61 Å². The molecule has 0 aliphatic heterocycles. The molecule has 1 aromatic carbocycles. The van der Waals surface area contributed by atoms with Gasteiger partial charge in [0.05, 0.1) is 5.41 Å². The van der Waals surface area contributed by atoms with Gasteiger partial charge in [-0.05, 0) is 37.1 Å². The predicted octanol–water partition coefficient (Wildman–Crippen LogP) is 2.05. The summed E-state index contributed by atoms with van der Waals surface area (Å²) in [6, 6.07) is 8.91. The summed E-state index contributed by atoms with van der Waals surface area (Å²) < 4.78 is 5.16. The molecule has 1 aliphatic rings. The first-order valence-corrected chi connectivity index (χ1v) is 6.81. The van der Waals surface area contributed by atoms with E-state index in [1.54, 1.807) is 24.3 Å². The Kier molecular flexibility index (Phi) is 4.59. The lowest BCUT2D eigenvalue weighted by atomic mass is 9.85. The maximum absolute atomic E-state index is 12.4. The smallest absolute Gasteiger partial charge is 0.231 e. The predicted molar refractivity (Wildman–Crippen MR) is 76.1 cm³/mol. The van der Waals surface area contributed by atoms with Crippen LogP contribution >= 0.6 is 0 Å². The molecule has 1 fully saturated rings. The maximum Gasteiger partial charge on any atom is 0.231 e. The van der Waals surface area contributed by atoms with Crippen molar-refractivity contribution in [3.8, 4) is 11.8 Å². The molecule has 2 rings (SSSR count). The summed E-state index contributed by atoms with van der Waals surface area (Å²) in [5.41, 5.74) is 6.11. The second kappa shape index (κ2) is 6.40. The van der Waals surface area contributed by atoms with E-state index in [1.165, 1.54) is 0 Å². The van der Waals surface area contributed by atoms with Crippen molar-refractivity contribution >= 4 is 11.6 Å². The third kappa shape index (κ3) is 3.09. The minimum Gasteiger partial charge on any atom is -0.479 e. The quantitative estimate of drug-likeness (QED) is 0.859. The van der Waals surface area contributed by atoms with Gasteiger partial charge in [-0.3, -0.25) is 4.79 Å². The van der Waals surface area contributed by atoms with E-state index in [2.05, 4.69) is 5.32 Å². The van der Waals surface area contributed by atoms with Gasteiger partial charge in [-0.25, -0.2) is 0 Å². The average molecular weight is 273 g/mol. The van der Waals surface area contributed by atoms with Crippen LogP contribution in [0.15, 0.2) is 24.3 Å². The van der Waals surface area contributed by atoms with Gasteiger partial charge in [-0.15, -0.1) is 0 Å². The van der Waals surface area contributed by atoms with Crippen molar-refractivity contribution in [3.05, 3.63) is 24.3 Å². The normalized spacial score (nSPS) is 16.4. The number of rotatable bonds is 5. The van der Waals surface area contributed by atoms with E-state index in [-0.39, 0.29) is 12.5 Å². The topological polar surface area (TPSA) is 88.1 Å². The molecule has 1 aliphatic carbocycles. The number of nitriles is 1. The van der Waals surface area contributed by atoms with Crippen LogP contribution in [0.1, 0.15) is 25.7 Å². The Labute approximate surface area is 118 Å². The molecule has 0 spiro atoms. The van der Waals surface area contributed by atoms with Crippen molar-refractivity contribution in [1.29, 1.82) is 5.26 Å². The monoisotopic (exact) mass is 273 g/mol. The fourth-order valence-electron chi connectivity index (χ4n) is 2.59. The molecule has 0 bridgehead atoms. The fourth-order valence-corrected chi connectivity index (χ4v) is 2.59. The van der Waals surface area contributed by atoms with Crippen LogP contribution in [0, 0.1) is 16.7 Å². The standard InChI is InChI=1S/C15H19N3O2/c16-9-10-20-13-5-3-12(4-6-13)18-14(19)15(11-17)7-1-2-8-15/h3-6H,1-2,7-8,10-11,17H2,(H,18,19). The van der Waals surface area contributed by atoms with Gasteiger partial charge in [0, 0.05) is 12.2 Å². The van der Waals surface area contributed by atoms with Gasteiger partial charge in [0.1, 0.15) is 11.8 Å². The van der Waals surface area contributed by atoms with E-state index in [4.69, 9.17) is 15.7 Å². The van der Waals surface area contributed by atoms with Crippen molar-refractivity contribution in [1.82, 2.24) is 0 Å². The zero-order chi connectivity index (χ0) is 14.4. The molecule has 0 radical (unpaired) electrons. The highest BCUT2D eigenvalue weighted by Gasteiger charge is 2.39. The number of hydrogen-bond donors (Lipinski definition) is 2. The molecule has 5 heteroatoms. The first kappa shape index (κ1) is 14.4. The Morgan fingerprint density at radius 3 is 2.55 bits per heavy atom. The number of amides is 1. The summed E-state index contributed by atoms with van der Waals surface area (Å²) >= 11 is 0. The third-order valence-corrected chi connectivity index (χ3v) is 3.85. The Hall–Kier alpha value is -2.06. The Balaban J connectivity index is 1.99. The SMILES string of the molecule is N#CCOc1ccc(NC(=O)C2(CN)CCCC2)cc1. The molecular formula is C15H19N3O2. The minimum absolute atomic E-state index is 0.00296. The summed E-state index contributed by atoms with van der Waals surface area (Å²) in [5, 5.41) is 11.4. The van der Waals surface area contributed by atoms with Crippen molar-refractivity contribution in [2.24, 2.45) is 11.1 Å². The van der Waals surface area contributed by atoms with Crippen LogP contribution in [0.3, 0.4) is 0 Å². The van der Waals surface area contributed by atoms with Gasteiger partial charge in [-0.1, -0.05) is 12.8 Å². The number of anilines is 1. The number of carbonyl (C=O) groups excluding carboxylic acids is 1. The number of hydrogen-bond acceptors (Lipinski definition) is 4. The van der Waals surface area contributed by atoms with Gasteiger partial charge in [0.2, 0.25) is 5.91 Å². The highest BCUT2D eigenvalue weighted by molar-refractivity contribution is 5.95. The van der Waals surface area contributed by atoms with E-state index in [1.807, 2.05) is 6.07 Å². The van der Waals surface area contributed by atoms with Gasteiger partial charge in [-0.2, -0.15) is 5.26 Å². The molecule has 1 saturated carbocycles. The third-order valence-electron chi connectivity index (χ3n) is 3.85. The van der Waals surface area contributed by atoms with Crippen LogP contribution in [0.4, 0.5) is 5.69 Å². The van der Waals surface area contributed by atoms with E-state index >= 15 is 0 Å². The first-order valence-electron chi connectivity index (χ1n) is 6.81. The molecule has 20 heavy (non-hydrogen) atoms. The zero-order valence-corrected chi connectivity index (χ0v) is 11.4. The molecule has 0 heterocycles. The van der Waals surface area contributed by atoms with Crippen LogP contribution in [-0.4, -0.2) is 19.1 Å². The van der Waals surface area contributed by atoms with Crippen molar-refractivity contribution in [2.75, 3.05) is 18.5 Å². The number of ether oxygens (including phenoxy) is 1. The molecule has 5 nitrogen and oxygen atoms in total. The van der Waals surface area contributed by atoms with E-state index in [0.29, 0.717) is 12.3 Å². The summed E-state index contributed by atoms with van der Waals surface area (Å²) in [7, 11) is 0. The Bertz CT molecular complexity index is 499. The summed E-state index contributed by atoms with van der Waals surface area (Å²) in [4.78, 5) is 12.4. The number of nitrogens with one attached hydrogen (secondary N) is 1. The second-order valence-electron chi connectivity index (χ2n) is 5.12. The van der Waals surface area contributed by atoms with Crippen molar-refractivity contribution in [2.45, 2.75) is 25.7 Å². The van der Waals surface area contributed by atoms with Crippen LogP contribution in [0.5, 0.6) is 5.75 Å². The number of nitrogens with zero attached hydrogens (tertiary/aromatic N) is 1. The maximum atomic E-state index is 12.4. The van der Waals surface area contributed by atoms with Crippen LogP contribution in [0.2, 0.25) is 0 Å². The lowest BCUT2D eigenvalue weighted by Gasteiger charge is -2.25. The Morgan fingerprint density at radius 2 is 2.00 bits per heavy atom. The zero-order valence-electron chi connectivity index (χ0n) is 11.4. The summed E-state index contributed by atoms with van der Waals surface area (Å²) in [6.45, 7) is 0.407. The summed E-state index contributed by atoms with van der Waals surface area (Å²) in [5.74, 6) is 0.613. The molecule has 3 N–H and O–H groups in total. The molecule has 0 saturated heterocycles. The van der Waals surface area contributed by atoms with Crippen LogP contribution in [0.25, 0.3) is 0 Å². The van der Waals surface area contributed by atoms with Gasteiger partial charge in [0.25, 0.3) is 0 Å². The van der Waals surface area contributed by atoms with E-state index in [0.717, 1.165) is 31.4 Å². The molecule has 1 amide bonds. The number of benzene rings is 1. The van der Waals surface area contributed by atoms with Crippen LogP contribution < -0.4 is 15.8 Å². The van der Waals surface area contributed by atoms with Gasteiger partial charge < -0.3 is 15.8 Å². The lowest BCUT2D eigenvalue weighted by Crippen LogP contribution is -2.40. The molecule has 106 valence electrons. The fraction of sp³-hybridized carbons (Fsp3) is 0.467. The van der Waals surface area contributed by atoms with E-state index < -0.39 is 5.41 Å². The van der Waals surface area contributed by atoms with Crippen LogP contribution in [-0.2, 0) is 4.79 Å². The minimum atomic E-state index is -0.407. The summed E-state index contributed by atoms with van der Waals surface area (Å²) in [6.07, 6.45) is 3.84. The molecule has 0 atom stereocenters. The van der Waals surface area contributed by atoms with Gasteiger partial charge >= 0.3 is 0 Å². The molecular weight excluding hydrogens is 254 g/mol. The number of carbonyl (C=O) groups is 1. The highest BCUT2D eigenvalue weighted by Crippen LogP contribution is 2.38. The molecule has 1 aromatic rings.